The highest BCUT2D eigenvalue weighted by Crippen LogP contribution is 2.10. The van der Waals surface area contributed by atoms with E-state index in [9.17, 15) is 9.18 Å². The molecule has 4 N–H and O–H groups in total. The Hall–Kier alpha value is -0.880. The number of amides is 2. The van der Waals surface area contributed by atoms with Crippen molar-refractivity contribution < 1.29 is 9.18 Å². The van der Waals surface area contributed by atoms with E-state index in [0.29, 0.717) is 13.1 Å². The number of nitrogens with zero attached hydrogens (tertiary/aromatic N) is 1. The van der Waals surface area contributed by atoms with Gasteiger partial charge in [0, 0.05) is 32.7 Å². The molecule has 6 heteroatoms. The molecule has 1 saturated heterocycles. The third-order valence-corrected chi connectivity index (χ3v) is 2.78. The van der Waals surface area contributed by atoms with E-state index in [4.69, 9.17) is 5.73 Å². The first-order valence-corrected chi connectivity index (χ1v) is 5.70. The smallest absolute Gasteiger partial charge is 0.314 e. The highest BCUT2D eigenvalue weighted by molar-refractivity contribution is 5.73. The highest BCUT2D eigenvalue weighted by atomic mass is 19.1. The number of nitrogens with one attached hydrogen (secondary N) is 2. The fraction of sp³-hybridized carbons (Fsp3) is 0.900. The van der Waals surface area contributed by atoms with E-state index in [-0.39, 0.29) is 18.6 Å². The average molecular weight is 232 g/mol. The Balaban J connectivity index is 2.32. The standard InChI is InChI=1S/C10H21FN4O/c1-13-10(16)14-9-3-2-4-15(7-9)6-8(11)5-12/h8-9H,2-7,12H2,1H3,(H2,13,14,16)/t8?,9-/m1/s1. The van der Waals surface area contributed by atoms with Crippen molar-refractivity contribution in [2.24, 2.45) is 5.73 Å². The molecule has 1 fully saturated rings. The van der Waals surface area contributed by atoms with E-state index in [1.807, 2.05) is 4.90 Å². The van der Waals surface area contributed by atoms with E-state index >= 15 is 0 Å². The normalized spacial score (nSPS) is 23.8. The van der Waals surface area contributed by atoms with Crippen LogP contribution in [-0.4, -0.2) is 56.4 Å². The Labute approximate surface area is 95.5 Å². The minimum Gasteiger partial charge on any atom is -0.341 e. The molecule has 94 valence electrons. The van der Waals surface area contributed by atoms with Crippen molar-refractivity contribution in [1.82, 2.24) is 15.5 Å². The van der Waals surface area contributed by atoms with Crippen LogP contribution >= 0.6 is 0 Å². The third kappa shape index (κ3) is 4.32. The van der Waals surface area contributed by atoms with E-state index in [2.05, 4.69) is 10.6 Å². The van der Waals surface area contributed by atoms with Gasteiger partial charge in [-0.15, -0.1) is 0 Å². The number of carbonyl (C=O) groups excluding carboxylic acids is 1. The molecule has 2 amide bonds. The summed E-state index contributed by atoms with van der Waals surface area (Å²) in [6.45, 7) is 2.01. The van der Waals surface area contributed by atoms with Crippen LogP contribution in [0.1, 0.15) is 12.8 Å². The lowest BCUT2D eigenvalue weighted by Crippen LogP contribution is -2.51. The summed E-state index contributed by atoms with van der Waals surface area (Å²) in [7, 11) is 1.59. The monoisotopic (exact) mass is 232 g/mol. The molecule has 1 heterocycles. The van der Waals surface area contributed by atoms with Crippen LogP contribution in [0, 0.1) is 0 Å². The number of carbonyl (C=O) groups is 1. The lowest BCUT2D eigenvalue weighted by atomic mass is 10.1. The summed E-state index contributed by atoms with van der Waals surface area (Å²) in [5.41, 5.74) is 5.24. The average Bonchev–Trinajstić information content (AvgIpc) is 2.29. The first-order valence-electron chi connectivity index (χ1n) is 5.70. The fourth-order valence-electron chi connectivity index (χ4n) is 1.95. The van der Waals surface area contributed by atoms with Crippen LogP contribution in [0.25, 0.3) is 0 Å². The first kappa shape index (κ1) is 13.2. The van der Waals surface area contributed by atoms with Gasteiger partial charge in [-0.05, 0) is 19.4 Å². The molecule has 0 radical (unpaired) electrons. The number of alkyl halides is 1. The molecule has 0 aromatic heterocycles. The second-order valence-corrected chi connectivity index (χ2v) is 4.16. The quantitative estimate of drug-likeness (QED) is 0.622. The Kier molecular flexibility index (Phi) is 5.48. The van der Waals surface area contributed by atoms with Crippen molar-refractivity contribution >= 4 is 6.03 Å². The lowest BCUT2D eigenvalue weighted by molar-refractivity contribution is 0.148. The summed E-state index contributed by atoms with van der Waals surface area (Å²) in [6.07, 6.45) is 0.953. The van der Waals surface area contributed by atoms with Gasteiger partial charge >= 0.3 is 6.03 Å². The second-order valence-electron chi connectivity index (χ2n) is 4.16. The molecule has 0 spiro atoms. The van der Waals surface area contributed by atoms with Crippen molar-refractivity contribution in [2.45, 2.75) is 25.1 Å². The first-order chi connectivity index (χ1) is 7.65. The molecule has 0 saturated carbocycles. The molecule has 1 rings (SSSR count). The SMILES string of the molecule is CNC(=O)N[C@@H]1CCCN(CC(F)CN)C1. The van der Waals surface area contributed by atoms with E-state index < -0.39 is 6.17 Å². The van der Waals surface area contributed by atoms with Crippen LogP contribution in [0.4, 0.5) is 9.18 Å². The number of urea groups is 1. The van der Waals surface area contributed by atoms with Gasteiger partial charge in [-0.25, -0.2) is 9.18 Å². The number of likely N-dealkylation sites (tertiary alicyclic amines) is 1. The van der Waals surface area contributed by atoms with Gasteiger partial charge in [0.15, 0.2) is 0 Å². The van der Waals surface area contributed by atoms with Crippen molar-refractivity contribution in [3.63, 3.8) is 0 Å². The van der Waals surface area contributed by atoms with Crippen LogP contribution in [-0.2, 0) is 0 Å². The molecular weight excluding hydrogens is 211 g/mol. The topological polar surface area (TPSA) is 70.4 Å². The number of rotatable bonds is 4. The zero-order valence-electron chi connectivity index (χ0n) is 9.71. The van der Waals surface area contributed by atoms with Gasteiger partial charge in [-0.2, -0.15) is 0 Å². The van der Waals surface area contributed by atoms with Crippen molar-refractivity contribution in [1.29, 1.82) is 0 Å². The molecule has 2 atom stereocenters. The molecule has 5 nitrogen and oxygen atoms in total. The largest absolute Gasteiger partial charge is 0.341 e. The molecule has 1 aliphatic heterocycles. The Bertz CT molecular complexity index is 227. The van der Waals surface area contributed by atoms with Gasteiger partial charge in [-0.1, -0.05) is 0 Å². The molecule has 1 aliphatic rings. The maximum Gasteiger partial charge on any atom is 0.314 e. The van der Waals surface area contributed by atoms with E-state index in [1.165, 1.54) is 0 Å². The van der Waals surface area contributed by atoms with Gasteiger partial charge in [0.2, 0.25) is 0 Å². The van der Waals surface area contributed by atoms with Crippen LogP contribution in [0.2, 0.25) is 0 Å². The van der Waals surface area contributed by atoms with Gasteiger partial charge in [0.25, 0.3) is 0 Å². The predicted molar refractivity (Wildman–Crippen MR) is 61.0 cm³/mol. The summed E-state index contributed by atoms with van der Waals surface area (Å²) in [5, 5.41) is 5.36. The Morgan fingerprint density at radius 3 is 3.06 bits per heavy atom. The zero-order valence-corrected chi connectivity index (χ0v) is 9.71. The third-order valence-electron chi connectivity index (χ3n) is 2.78. The Morgan fingerprint density at radius 1 is 1.69 bits per heavy atom. The summed E-state index contributed by atoms with van der Waals surface area (Å²) in [6, 6.07) is -0.0684. The number of nitrogens with two attached hydrogens (primary N) is 1. The number of hydrogen-bond donors (Lipinski definition) is 3. The van der Waals surface area contributed by atoms with Gasteiger partial charge in [-0.3, -0.25) is 4.90 Å². The van der Waals surface area contributed by atoms with Gasteiger partial charge < -0.3 is 16.4 Å². The van der Waals surface area contributed by atoms with E-state index in [0.717, 1.165) is 19.4 Å². The van der Waals surface area contributed by atoms with Crippen LogP contribution in [0.15, 0.2) is 0 Å². The zero-order chi connectivity index (χ0) is 12.0. The summed E-state index contributed by atoms with van der Waals surface area (Å²) in [4.78, 5) is 13.1. The summed E-state index contributed by atoms with van der Waals surface area (Å²) in [5.74, 6) is 0. The van der Waals surface area contributed by atoms with Gasteiger partial charge in [0.05, 0.1) is 0 Å². The Morgan fingerprint density at radius 2 is 2.44 bits per heavy atom. The van der Waals surface area contributed by atoms with Gasteiger partial charge in [0.1, 0.15) is 6.17 Å². The van der Waals surface area contributed by atoms with Crippen LogP contribution in [0.5, 0.6) is 0 Å². The van der Waals surface area contributed by atoms with Crippen LogP contribution < -0.4 is 16.4 Å². The van der Waals surface area contributed by atoms with Crippen molar-refractivity contribution in [3.8, 4) is 0 Å². The molecule has 0 aliphatic carbocycles. The lowest BCUT2D eigenvalue weighted by Gasteiger charge is -2.33. The highest BCUT2D eigenvalue weighted by Gasteiger charge is 2.22. The van der Waals surface area contributed by atoms with Crippen LogP contribution in [0.3, 0.4) is 0 Å². The molecule has 16 heavy (non-hydrogen) atoms. The summed E-state index contributed by atoms with van der Waals surface area (Å²) < 4.78 is 13.1. The maximum absolute atomic E-state index is 13.1. The minimum absolute atomic E-state index is 0.0596. The van der Waals surface area contributed by atoms with E-state index in [1.54, 1.807) is 7.05 Å². The van der Waals surface area contributed by atoms with Crippen molar-refractivity contribution in [2.75, 3.05) is 33.2 Å². The molecule has 0 aromatic carbocycles. The second kappa shape index (κ2) is 6.65. The molecule has 0 aromatic rings. The van der Waals surface area contributed by atoms with Crippen molar-refractivity contribution in [3.05, 3.63) is 0 Å². The fourth-order valence-corrected chi connectivity index (χ4v) is 1.95. The number of hydrogen-bond acceptors (Lipinski definition) is 3. The number of halogens is 1. The molecule has 1 unspecified atom stereocenters. The molecular formula is C10H21FN4O. The molecule has 0 bridgehead atoms. The summed E-state index contributed by atoms with van der Waals surface area (Å²) >= 11 is 0. The maximum atomic E-state index is 13.1. The predicted octanol–water partition coefficient (Wildman–Crippen LogP) is -0.323. The number of piperidine rings is 1. The minimum atomic E-state index is -0.973.